The van der Waals surface area contributed by atoms with Crippen molar-refractivity contribution in [1.29, 1.82) is 0 Å². The minimum Gasteiger partial charge on any atom is -0.491 e. The summed E-state index contributed by atoms with van der Waals surface area (Å²) in [7, 11) is 0. The van der Waals surface area contributed by atoms with Gasteiger partial charge in [-0.05, 0) is 44.2 Å². The van der Waals surface area contributed by atoms with Gasteiger partial charge in [-0.1, -0.05) is 6.07 Å². The zero-order valence-corrected chi connectivity index (χ0v) is 19.7. The molecular weight excluding hydrogens is 478 g/mol. The number of nitrogens with zero attached hydrogens (tertiary/aromatic N) is 2. The van der Waals surface area contributed by atoms with E-state index in [0.717, 1.165) is 0 Å². The molecule has 0 saturated carbocycles. The summed E-state index contributed by atoms with van der Waals surface area (Å²) < 4.78 is 44.9. The molecule has 3 heterocycles. The maximum Gasteiger partial charge on any atom is 0.264 e. The first-order valence-corrected chi connectivity index (χ1v) is 11.7. The molecule has 0 bridgehead atoms. The molecule has 0 aliphatic carbocycles. The van der Waals surface area contributed by atoms with Crippen molar-refractivity contribution in [3.05, 3.63) is 59.1 Å². The Bertz CT molecular complexity index is 1360. The molecule has 182 valence electrons. The highest BCUT2D eigenvalue weighted by Gasteiger charge is 2.33. The van der Waals surface area contributed by atoms with Crippen molar-refractivity contribution in [3.8, 4) is 17.1 Å². The summed E-state index contributed by atoms with van der Waals surface area (Å²) in [4.78, 5) is 24.3. The Balaban J connectivity index is 1.41. The number of benzene rings is 2. The lowest BCUT2D eigenvalue weighted by Crippen LogP contribution is -2.25. The highest BCUT2D eigenvalue weighted by atomic mass is 32.1. The average Bonchev–Trinajstić information content (AvgIpc) is 3.56. The van der Waals surface area contributed by atoms with Crippen LogP contribution in [0.4, 0.5) is 13.9 Å². The summed E-state index contributed by atoms with van der Waals surface area (Å²) in [5, 5.41) is 4.92. The number of nitrogens with one attached hydrogen (secondary N) is 2. The molecule has 1 aliphatic heterocycles. The summed E-state index contributed by atoms with van der Waals surface area (Å²) in [6.07, 6.45) is -1.47. The van der Waals surface area contributed by atoms with E-state index < -0.39 is 12.2 Å². The monoisotopic (exact) mass is 500 g/mol. The topological polar surface area (TPSA) is 98.4 Å². The third kappa shape index (κ3) is 5.02. The molecule has 0 spiro atoms. The predicted molar refractivity (Wildman–Crippen MR) is 127 cm³/mol. The van der Waals surface area contributed by atoms with Crippen molar-refractivity contribution in [1.82, 2.24) is 15.0 Å². The SMILES string of the molecule is CC1(C)OC[C@H](COc2ccc(-c3nc4c(C(=O)Nc5nccs5)cccc4[nH]3)c(C(F)F)c2)O1. The average molecular weight is 501 g/mol. The number of hydrogen-bond acceptors (Lipinski definition) is 7. The van der Waals surface area contributed by atoms with Gasteiger partial charge in [0, 0.05) is 22.7 Å². The summed E-state index contributed by atoms with van der Waals surface area (Å²) in [5.41, 5.74) is 1.21. The predicted octanol–water partition coefficient (Wildman–Crippen LogP) is 5.41. The number of aromatic amines is 1. The number of fused-ring (bicyclic) bond motifs is 1. The number of hydrogen-bond donors (Lipinski definition) is 2. The van der Waals surface area contributed by atoms with Crippen LogP contribution < -0.4 is 10.1 Å². The number of carbonyl (C=O) groups excluding carboxylic acids is 1. The van der Waals surface area contributed by atoms with E-state index in [1.165, 1.54) is 23.5 Å². The van der Waals surface area contributed by atoms with Crippen LogP contribution in [0.3, 0.4) is 0 Å². The third-order valence-corrected chi connectivity index (χ3v) is 6.12. The van der Waals surface area contributed by atoms with Crippen molar-refractivity contribution in [2.24, 2.45) is 0 Å². The Morgan fingerprint density at radius 2 is 2.20 bits per heavy atom. The fourth-order valence-corrected chi connectivity index (χ4v) is 4.38. The Morgan fingerprint density at radius 3 is 2.91 bits per heavy atom. The van der Waals surface area contributed by atoms with E-state index in [-0.39, 0.29) is 41.3 Å². The molecule has 4 aromatic rings. The largest absolute Gasteiger partial charge is 0.491 e. The molecule has 2 N–H and O–H groups in total. The van der Waals surface area contributed by atoms with Crippen molar-refractivity contribution in [3.63, 3.8) is 0 Å². The molecule has 2 aromatic carbocycles. The first-order chi connectivity index (χ1) is 16.8. The molecule has 0 radical (unpaired) electrons. The number of para-hydroxylation sites is 1. The summed E-state index contributed by atoms with van der Waals surface area (Å²) in [6, 6.07) is 9.48. The second kappa shape index (κ2) is 9.33. The van der Waals surface area contributed by atoms with Gasteiger partial charge in [0.15, 0.2) is 10.9 Å². The lowest BCUT2D eigenvalue weighted by molar-refractivity contribution is -0.141. The van der Waals surface area contributed by atoms with E-state index in [9.17, 15) is 13.6 Å². The van der Waals surface area contributed by atoms with E-state index >= 15 is 0 Å². The van der Waals surface area contributed by atoms with Gasteiger partial charge in [-0.15, -0.1) is 11.3 Å². The molecular formula is C24H22F2N4O4S. The number of imidazole rings is 1. The fourth-order valence-electron chi connectivity index (χ4n) is 3.85. The Labute approximate surface area is 203 Å². The molecule has 5 rings (SSSR count). The minimum atomic E-state index is -2.76. The van der Waals surface area contributed by atoms with Gasteiger partial charge in [0.2, 0.25) is 0 Å². The van der Waals surface area contributed by atoms with Crippen molar-refractivity contribution < 1.29 is 27.8 Å². The van der Waals surface area contributed by atoms with Crippen molar-refractivity contribution in [2.45, 2.75) is 32.2 Å². The number of thiazole rings is 1. The standard InChI is InChI=1S/C24H22F2N4O4S/c1-24(2)33-12-14(34-24)11-32-13-6-7-15(17(10-13)20(25)26)21-28-18-5-3-4-16(19(18)29-21)22(31)30-23-27-8-9-35-23/h3-10,14,20H,11-12H2,1-2H3,(H,28,29)(H,27,30,31)/t14-/m0/s1. The number of H-pyrrole nitrogens is 1. The molecule has 1 saturated heterocycles. The van der Waals surface area contributed by atoms with Crippen molar-refractivity contribution in [2.75, 3.05) is 18.5 Å². The van der Waals surface area contributed by atoms with E-state index in [2.05, 4.69) is 20.3 Å². The zero-order chi connectivity index (χ0) is 24.6. The molecule has 35 heavy (non-hydrogen) atoms. The quantitative estimate of drug-likeness (QED) is 0.352. The molecule has 1 amide bonds. The van der Waals surface area contributed by atoms with Crippen LogP contribution in [0.15, 0.2) is 48.0 Å². The zero-order valence-electron chi connectivity index (χ0n) is 18.9. The van der Waals surface area contributed by atoms with E-state index in [0.29, 0.717) is 28.3 Å². The second-order valence-corrected chi connectivity index (χ2v) is 9.28. The maximum absolute atomic E-state index is 14.0. The number of rotatable bonds is 7. The van der Waals surface area contributed by atoms with Crippen molar-refractivity contribution >= 4 is 33.4 Å². The Kier molecular flexibility index (Phi) is 6.22. The molecule has 1 atom stereocenters. The highest BCUT2D eigenvalue weighted by molar-refractivity contribution is 7.13. The first kappa shape index (κ1) is 23.3. The van der Waals surface area contributed by atoms with Gasteiger partial charge in [0.1, 0.15) is 29.8 Å². The maximum atomic E-state index is 14.0. The Hall–Kier alpha value is -3.41. The van der Waals surface area contributed by atoms with E-state index in [4.69, 9.17) is 14.2 Å². The number of ether oxygens (including phenoxy) is 3. The van der Waals surface area contributed by atoms with Gasteiger partial charge in [0.25, 0.3) is 12.3 Å². The fraction of sp³-hybridized carbons (Fsp3) is 0.292. The summed E-state index contributed by atoms with van der Waals surface area (Å²) in [5.74, 6) is -0.561. The first-order valence-electron chi connectivity index (χ1n) is 10.9. The molecule has 8 nitrogen and oxygen atoms in total. The number of amides is 1. The van der Waals surface area contributed by atoms with Gasteiger partial charge < -0.3 is 19.2 Å². The number of aromatic nitrogens is 3. The lowest BCUT2D eigenvalue weighted by atomic mass is 10.1. The third-order valence-electron chi connectivity index (χ3n) is 5.43. The van der Waals surface area contributed by atoms with Gasteiger partial charge in [-0.25, -0.2) is 18.7 Å². The molecule has 1 fully saturated rings. The summed E-state index contributed by atoms with van der Waals surface area (Å²) >= 11 is 1.29. The molecule has 0 unspecified atom stereocenters. The molecule has 11 heteroatoms. The molecule has 1 aliphatic rings. The van der Waals surface area contributed by atoms with Crippen LogP contribution >= 0.6 is 11.3 Å². The van der Waals surface area contributed by atoms with Crippen LogP contribution in [-0.4, -0.2) is 46.0 Å². The van der Waals surface area contributed by atoms with E-state index in [1.807, 2.05) is 0 Å². The van der Waals surface area contributed by atoms with E-state index in [1.54, 1.807) is 49.7 Å². The number of halogens is 2. The molecule has 2 aromatic heterocycles. The van der Waals surface area contributed by atoms with Gasteiger partial charge in [0.05, 0.1) is 17.7 Å². The smallest absolute Gasteiger partial charge is 0.264 e. The highest BCUT2D eigenvalue weighted by Crippen LogP contribution is 2.34. The number of anilines is 1. The number of carbonyl (C=O) groups is 1. The lowest BCUT2D eigenvalue weighted by Gasteiger charge is -2.17. The Morgan fingerprint density at radius 1 is 1.34 bits per heavy atom. The van der Waals surface area contributed by atoms with Gasteiger partial charge in [-0.3, -0.25) is 10.1 Å². The normalized spacial score (nSPS) is 17.2. The minimum absolute atomic E-state index is 0.174. The van der Waals surface area contributed by atoms with Gasteiger partial charge >= 0.3 is 0 Å². The van der Waals surface area contributed by atoms with Crippen LogP contribution in [0.5, 0.6) is 5.75 Å². The van der Waals surface area contributed by atoms with Crippen LogP contribution in [-0.2, 0) is 9.47 Å². The van der Waals surface area contributed by atoms with Crippen LogP contribution in [0.2, 0.25) is 0 Å². The summed E-state index contributed by atoms with van der Waals surface area (Å²) in [6.45, 7) is 4.15. The van der Waals surface area contributed by atoms with Crippen LogP contribution in [0, 0.1) is 0 Å². The number of alkyl halides is 2. The van der Waals surface area contributed by atoms with Crippen LogP contribution in [0.1, 0.15) is 36.2 Å². The van der Waals surface area contributed by atoms with Gasteiger partial charge in [-0.2, -0.15) is 0 Å². The van der Waals surface area contributed by atoms with Crippen LogP contribution in [0.25, 0.3) is 22.4 Å². The second-order valence-electron chi connectivity index (χ2n) is 8.39.